The van der Waals surface area contributed by atoms with Crippen LogP contribution >= 0.6 is 0 Å². The first-order chi connectivity index (χ1) is 8.93. The minimum atomic E-state index is 0.462. The zero-order valence-corrected chi connectivity index (χ0v) is 10.3. The van der Waals surface area contributed by atoms with Crippen LogP contribution in [0.4, 0.5) is 0 Å². The van der Waals surface area contributed by atoms with Crippen LogP contribution in [0.2, 0.25) is 0 Å². The van der Waals surface area contributed by atoms with Crippen molar-refractivity contribution in [2.24, 2.45) is 0 Å². The van der Waals surface area contributed by atoms with E-state index in [2.05, 4.69) is 10.1 Å². The van der Waals surface area contributed by atoms with Gasteiger partial charge in [0.2, 0.25) is 5.82 Å². The molecule has 2 aromatic heterocycles. The van der Waals surface area contributed by atoms with E-state index in [0.29, 0.717) is 17.5 Å². The molecular weight excluding hydrogens is 228 g/mol. The number of hydrogen-bond acceptors (Lipinski definition) is 4. The van der Waals surface area contributed by atoms with Crippen LogP contribution < -0.4 is 0 Å². The molecule has 0 aliphatic rings. The summed E-state index contributed by atoms with van der Waals surface area (Å²) >= 11 is 0. The predicted octanol–water partition coefficient (Wildman–Crippen LogP) is 4.02. The van der Waals surface area contributed by atoms with Crippen molar-refractivity contribution in [2.45, 2.75) is 13.8 Å². The maximum Gasteiger partial charge on any atom is 0.258 e. The molecule has 0 amide bonds. The van der Waals surface area contributed by atoms with Gasteiger partial charge in [0.15, 0.2) is 5.76 Å². The Labute approximate surface area is 105 Å². The Morgan fingerprint density at radius 1 is 0.944 bits per heavy atom. The Morgan fingerprint density at radius 2 is 1.72 bits per heavy atom. The van der Waals surface area contributed by atoms with Crippen molar-refractivity contribution >= 4 is 0 Å². The van der Waals surface area contributed by atoms with Gasteiger partial charge in [0, 0.05) is 5.56 Å². The highest BCUT2D eigenvalue weighted by Crippen LogP contribution is 2.21. The fraction of sp³-hybridized carbons (Fsp3) is 0.143. The van der Waals surface area contributed by atoms with E-state index in [4.69, 9.17) is 8.94 Å². The van der Waals surface area contributed by atoms with Crippen LogP contribution in [0.15, 0.2) is 57.7 Å². The molecule has 4 heteroatoms. The van der Waals surface area contributed by atoms with E-state index in [1.165, 1.54) is 0 Å². The standard InChI is InChI=1S/C12H8N2O2.C2H6/c1-2-5-9(6-3-1)12-13-11(14-16-12)10-7-4-8-15-10;1-2/h1-8H;1-2H3. The lowest BCUT2D eigenvalue weighted by Crippen LogP contribution is -1.77. The van der Waals surface area contributed by atoms with Gasteiger partial charge in [0.05, 0.1) is 6.26 Å². The lowest BCUT2D eigenvalue weighted by Gasteiger charge is -1.90. The molecule has 18 heavy (non-hydrogen) atoms. The summed E-state index contributed by atoms with van der Waals surface area (Å²) in [5, 5.41) is 3.86. The highest BCUT2D eigenvalue weighted by Gasteiger charge is 2.11. The lowest BCUT2D eigenvalue weighted by atomic mass is 10.2. The Morgan fingerprint density at radius 3 is 2.39 bits per heavy atom. The Hall–Kier alpha value is -2.36. The fourth-order valence-corrected chi connectivity index (χ4v) is 1.43. The van der Waals surface area contributed by atoms with Crippen LogP contribution in [0.1, 0.15) is 13.8 Å². The lowest BCUT2D eigenvalue weighted by molar-refractivity contribution is 0.429. The van der Waals surface area contributed by atoms with Gasteiger partial charge in [-0.2, -0.15) is 4.98 Å². The second-order valence-corrected chi connectivity index (χ2v) is 3.27. The third kappa shape index (κ3) is 2.48. The van der Waals surface area contributed by atoms with E-state index < -0.39 is 0 Å². The van der Waals surface area contributed by atoms with Gasteiger partial charge >= 0.3 is 0 Å². The molecule has 0 spiro atoms. The number of benzene rings is 1. The van der Waals surface area contributed by atoms with Gasteiger partial charge < -0.3 is 8.94 Å². The summed E-state index contributed by atoms with van der Waals surface area (Å²) in [6.45, 7) is 4.00. The zero-order valence-electron chi connectivity index (χ0n) is 10.3. The van der Waals surface area contributed by atoms with Crippen LogP contribution in [-0.2, 0) is 0 Å². The van der Waals surface area contributed by atoms with E-state index in [1.807, 2.05) is 44.2 Å². The molecule has 0 saturated carbocycles. The Kier molecular flexibility index (Phi) is 3.91. The van der Waals surface area contributed by atoms with Crippen molar-refractivity contribution in [3.8, 4) is 23.0 Å². The molecular formula is C14H14N2O2. The molecule has 0 atom stereocenters. The summed E-state index contributed by atoms with van der Waals surface area (Å²) < 4.78 is 10.3. The third-order valence-electron chi connectivity index (χ3n) is 2.19. The van der Waals surface area contributed by atoms with Crippen LogP contribution in [-0.4, -0.2) is 10.1 Å². The average Bonchev–Trinajstić information content (AvgIpc) is 3.13. The predicted molar refractivity (Wildman–Crippen MR) is 68.8 cm³/mol. The van der Waals surface area contributed by atoms with Gasteiger partial charge in [-0.1, -0.05) is 37.2 Å². The van der Waals surface area contributed by atoms with E-state index >= 15 is 0 Å². The Bertz CT molecular complexity index is 571. The zero-order chi connectivity index (χ0) is 12.8. The second kappa shape index (κ2) is 5.82. The molecule has 0 N–H and O–H groups in total. The quantitative estimate of drug-likeness (QED) is 0.681. The molecule has 4 nitrogen and oxygen atoms in total. The van der Waals surface area contributed by atoms with E-state index in [0.717, 1.165) is 5.56 Å². The molecule has 0 aliphatic carbocycles. The minimum Gasteiger partial charge on any atom is -0.461 e. The van der Waals surface area contributed by atoms with Crippen molar-refractivity contribution in [3.05, 3.63) is 48.7 Å². The number of aromatic nitrogens is 2. The van der Waals surface area contributed by atoms with Crippen molar-refractivity contribution in [2.75, 3.05) is 0 Å². The van der Waals surface area contributed by atoms with Crippen molar-refractivity contribution in [3.63, 3.8) is 0 Å². The van der Waals surface area contributed by atoms with Crippen molar-refractivity contribution in [1.29, 1.82) is 0 Å². The monoisotopic (exact) mass is 242 g/mol. The number of nitrogens with zero attached hydrogens (tertiary/aromatic N) is 2. The largest absolute Gasteiger partial charge is 0.461 e. The van der Waals surface area contributed by atoms with E-state index in [9.17, 15) is 0 Å². The maximum absolute atomic E-state index is 5.18. The summed E-state index contributed by atoms with van der Waals surface area (Å²) in [4.78, 5) is 4.25. The van der Waals surface area contributed by atoms with Crippen LogP contribution in [0.5, 0.6) is 0 Å². The fourth-order valence-electron chi connectivity index (χ4n) is 1.43. The molecule has 0 unspecified atom stereocenters. The summed E-state index contributed by atoms with van der Waals surface area (Å²) in [6, 6.07) is 13.2. The molecule has 3 aromatic rings. The summed E-state index contributed by atoms with van der Waals surface area (Å²) in [5.74, 6) is 1.56. The SMILES string of the molecule is CC.c1ccc(-c2nc(-c3ccco3)no2)cc1. The topological polar surface area (TPSA) is 52.1 Å². The van der Waals surface area contributed by atoms with Gasteiger partial charge in [-0.05, 0) is 24.3 Å². The number of rotatable bonds is 2. The molecule has 0 bridgehead atoms. The number of hydrogen-bond donors (Lipinski definition) is 0. The van der Waals surface area contributed by atoms with Gasteiger partial charge in [0.25, 0.3) is 5.89 Å². The van der Waals surface area contributed by atoms with Gasteiger partial charge in [-0.15, -0.1) is 0 Å². The normalized spacial score (nSPS) is 9.67. The Balaban J connectivity index is 0.000000574. The molecule has 0 radical (unpaired) electrons. The van der Waals surface area contributed by atoms with E-state index in [-0.39, 0.29) is 0 Å². The van der Waals surface area contributed by atoms with Crippen molar-refractivity contribution < 1.29 is 8.94 Å². The molecule has 3 rings (SSSR count). The number of furan rings is 1. The van der Waals surface area contributed by atoms with Crippen LogP contribution in [0, 0.1) is 0 Å². The first kappa shape index (κ1) is 12.1. The molecule has 0 saturated heterocycles. The summed E-state index contributed by atoms with van der Waals surface area (Å²) in [7, 11) is 0. The molecule has 2 heterocycles. The minimum absolute atomic E-state index is 0.462. The van der Waals surface area contributed by atoms with E-state index in [1.54, 1.807) is 18.4 Å². The molecule has 0 aliphatic heterocycles. The highest BCUT2D eigenvalue weighted by atomic mass is 16.5. The summed E-state index contributed by atoms with van der Waals surface area (Å²) in [6.07, 6.45) is 1.58. The summed E-state index contributed by atoms with van der Waals surface area (Å²) in [5.41, 5.74) is 0.896. The first-order valence-electron chi connectivity index (χ1n) is 5.86. The average molecular weight is 242 g/mol. The van der Waals surface area contributed by atoms with Gasteiger partial charge in [-0.3, -0.25) is 0 Å². The van der Waals surface area contributed by atoms with Gasteiger partial charge in [-0.25, -0.2) is 0 Å². The molecule has 92 valence electrons. The van der Waals surface area contributed by atoms with Crippen LogP contribution in [0.3, 0.4) is 0 Å². The maximum atomic E-state index is 5.18. The smallest absolute Gasteiger partial charge is 0.258 e. The molecule has 0 fully saturated rings. The van der Waals surface area contributed by atoms with Gasteiger partial charge in [0.1, 0.15) is 0 Å². The van der Waals surface area contributed by atoms with Crippen LogP contribution in [0.25, 0.3) is 23.0 Å². The second-order valence-electron chi connectivity index (χ2n) is 3.27. The first-order valence-corrected chi connectivity index (χ1v) is 5.86. The third-order valence-corrected chi connectivity index (χ3v) is 2.19. The van der Waals surface area contributed by atoms with Crippen molar-refractivity contribution in [1.82, 2.24) is 10.1 Å². The molecule has 1 aromatic carbocycles. The highest BCUT2D eigenvalue weighted by molar-refractivity contribution is 5.56.